The van der Waals surface area contributed by atoms with Gasteiger partial charge in [-0.05, 0) is 23.9 Å². The van der Waals surface area contributed by atoms with Crippen LogP contribution in [0.3, 0.4) is 0 Å². The van der Waals surface area contributed by atoms with Gasteiger partial charge in [-0.2, -0.15) is 0 Å². The molecule has 1 heterocycles. The van der Waals surface area contributed by atoms with E-state index in [1.807, 2.05) is 11.4 Å². The number of Topliss-reactive ketones (excluding diaryl/α,β-unsaturated/α-hetero) is 1. The molecule has 0 unspecified atom stereocenters. The summed E-state index contributed by atoms with van der Waals surface area (Å²) in [6.07, 6.45) is 1.17. The molecule has 2 nitrogen and oxygen atoms in total. The zero-order valence-electron chi connectivity index (χ0n) is 6.16. The van der Waals surface area contributed by atoms with E-state index in [-0.39, 0.29) is 5.78 Å². The van der Waals surface area contributed by atoms with Gasteiger partial charge in [-0.15, -0.1) is 11.3 Å². The molecule has 0 N–H and O–H groups in total. The molecule has 0 saturated carbocycles. The van der Waals surface area contributed by atoms with Crippen molar-refractivity contribution in [2.45, 2.75) is 13.3 Å². The zero-order chi connectivity index (χ0) is 8.27. The first kappa shape index (κ1) is 8.14. The Morgan fingerprint density at radius 3 is 3.00 bits per heavy atom. The third-order valence-corrected chi connectivity index (χ3v) is 2.21. The summed E-state index contributed by atoms with van der Waals surface area (Å²) in [6.45, 7) is 1.52. The second-order valence-electron chi connectivity index (χ2n) is 2.31. The monoisotopic (exact) mass is 168 g/mol. The quantitative estimate of drug-likeness (QED) is 0.643. The van der Waals surface area contributed by atoms with Crippen molar-refractivity contribution in [1.29, 1.82) is 0 Å². The van der Waals surface area contributed by atoms with E-state index in [1.165, 1.54) is 18.3 Å². The number of carbonyl (C=O) groups is 2. The Morgan fingerprint density at radius 1 is 1.73 bits per heavy atom. The molecule has 0 radical (unpaired) electrons. The molecule has 0 aliphatic carbocycles. The number of ketones is 1. The molecule has 1 aromatic rings. The van der Waals surface area contributed by atoms with Crippen LogP contribution in [0.5, 0.6) is 0 Å². The van der Waals surface area contributed by atoms with E-state index < -0.39 is 0 Å². The summed E-state index contributed by atoms with van der Waals surface area (Å²) >= 11 is 1.37. The second kappa shape index (κ2) is 3.44. The van der Waals surface area contributed by atoms with E-state index in [2.05, 4.69) is 0 Å². The van der Waals surface area contributed by atoms with Crippen molar-refractivity contribution in [2.75, 3.05) is 0 Å². The van der Waals surface area contributed by atoms with Crippen LogP contribution in [-0.4, -0.2) is 12.1 Å². The molecule has 58 valence electrons. The van der Waals surface area contributed by atoms with Crippen molar-refractivity contribution < 1.29 is 9.59 Å². The van der Waals surface area contributed by atoms with Crippen LogP contribution in [0.4, 0.5) is 0 Å². The molecule has 1 rings (SSSR count). The van der Waals surface area contributed by atoms with Crippen LogP contribution in [0.15, 0.2) is 11.4 Å². The first-order chi connectivity index (χ1) is 5.24. The first-order valence-corrected chi connectivity index (χ1v) is 4.13. The molecule has 0 fully saturated rings. The first-order valence-electron chi connectivity index (χ1n) is 3.25. The van der Waals surface area contributed by atoms with Gasteiger partial charge in [-0.25, -0.2) is 0 Å². The van der Waals surface area contributed by atoms with Gasteiger partial charge in [0.2, 0.25) is 0 Å². The summed E-state index contributed by atoms with van der Waals surface area (Å²) in [5.74, 6) is 0.0894. The molecule has 0 saturated heterocycles. The largest absolute Gasteiger partial charge is 0.300 e. The molecule has 0 aliphatic heterocycles. The van der Waals surface area contributed by atoms with Gasteiger partial charge in [0.1, 0.15) is 5.78 Å². The Balaban J connectivity index is 2.84. The summed E-state index contributed by atoms with van der Waals surface area (Å²) in [5.41, 5.74) is 0.845. The fraction of sp³-hybridized carbons (Fsp3) is 0.250. The molecule has 3 heteroatoms. The minimum absolute atomic E-state index is 0.0894. The van der Waals surface area contributed by atoms with Gasteiger partial charge in [-0.1, -0.05) is 0 Å². The summed E-state index contributed by atoms with van der Waals surface area (Å²) in [5, 5.41) is 1.82. The van der Waals surface area contributed by atoms with Gasteiger partial charge >= 0.3 is 0 Å². The fourth-order valence-corrected chi connectivity index (χ4v) is 1.59. The Labute approximate surface area is 68.9 Å². The Hall–Kier alpha value is -0.960. The molecule has 0 aliphatic rings. The summed E-state index contributed by atoms with van der Waals surface area (Å²) in [4.78, 5) is 21.7. The molecule has 0 amide bonds. The predicted molar refractivity (Wildman–Crippen MR) is 44.1 cm³/mol. The zero-order valence-corrected chi connectivity index (χ0v) is 6.98. The fourth-order valence-electron chi connectivity index (χ4n) is 0.865. The Bertz CT molecular complexity index is 275. The lowest BCUT2D eigenvalue weighted by Gasteiger charge is -1.91. The van der Waals surface area contributed by atoms with Crippen molar-refractivity contribution >= 4 is 23.4 Å². The molecule has 0 bridgehead atoms. The molecule has 11 heavy (non-hydrogen) atoms. The van der Waals surface area contributed by atoms with E-state index in [4.69, 9.17) is 0 Å². The highest BCUT2D eigenvalue weighted by Gasteiger charge is 2.04. The lowest BCUT2D eigenvalue weighted by Crippen LogP contribution is -1.96. The SMILES string of the molecule is CC(=O)Cc1ccsc1C=O. The standard InChI is InChI=1S/C8H8O2S/c1-6(10)4-7-2-3-11-8(7)5-9/h2-3,5H,4H2,1H3. The molecule has 0 atom stereocenters. The maximum Gasteiger partial charge on any atom is 0.160 e. The van der Waals surface area contributed by atoms with Crippen LogP contribution in [0, 0.1) is 0 Å². The maximum absolute atomic E-state index is 10.7. The minimum Gasteiger partial charge on any atom is -0.300 e. The van der Waals surface area contributed by atoms with Crippen molar-refractivity contribution in [3.05, 3.63) is 21.9 Å². The van der Waals surface area contributed by atoms with Crippen LogP contribution in [0.1, 0.15) is 22.2 Å². The highest BCUT2D eigenvalue weighted by molar-refractivity contribution is 7.11. The van der Waals surface area contributed by atoms with E-state index in [0.29, 0.717) is 11.3 Å². The molecule has 0 aromatic carbocycles. The third-order valence-electron chi connectivity index (χ3n) is 1.33. The topological polar surface area (TPSA) is 34.1 Å². The summed E-state index contributed by atoms with van der Waals surface area (Å²) in [6, 6.07) is 1.82. The summed E-state index contributed by atoms with van der Waals surface area (Å²) < 4.78 is 0. The van der Waals surface area contributed by atoms with Gasteiger partial charge in [0.05, 0.1) is 4.88 Å². The Kier molecular flexibility index (Phi) is 2.54. The minimum atomic E-state index is 0.0894. The maximum atomic E-state index is 10.7. The van der Waals surface area contributed by atoms with E-state index in [1.54, 1.807) is 0 Å². The highest BCUT2D eigenvalue weighted by Crippen LogP contribution is 2.14. The van der Waals surface area contributed by atoms with Crippen LogP contribution in [0.2, 0.25) is 0 Å². The Morgan fingerprint density at radius 2 is 2.45 bits per heavy atom. The van der Waals surface area contributed by atoms with E-state index >= 15 is 0 Å². The van der Waals surface area contributed by atoms with Crippen LogP contribution < -0.4 is 0 Å². The highest BCUT2D eigenvalue weighted by atomic mass is 32.1. The molecular weight excluding hydrogens is 160 g/mol. The number of rotatable bonds is 3. The molecule has 1 aromatic heterocycles. The average molecular weight is 168 g/mol. The summed E-state index contributed by atoms with van der Waals surface area (Å²) in [7, 11) is 0. The van der Waals surface area contributed by atoms with Crippen molar-refractivity contribution in [2.24, 2.45) is 0 Å². The van der Waals surface area contributed by atoms with E-state index in [9.17, 15) is 9.59 Å². The van der Waals surface area contributed by atoms with Crippen LogP contribution >= 0.6 is 11.3 Å². The normalized spacial score (nSPS) is 9.55. The number of carbonyl (C=O) groups excluding carboxylic acids is 2. The van der Waals surface area contributed by atoms with Gasteiger partial charge in [0.25, 0.3) is 0 Å². The van der Waals surface area contributed by atoms with Gasteiger partial charge < -0.3 is 0 Å². The molecule has 0 spiro atoms. The predicted octanol–water partition coefficient (Wildman–Crippen LogP) is 1.69. The third kappa shape index (κ3) is 1.98. The van der Waals surface area contributed by atoms with E-state index in [0.717, 1.165) is 11.8 Å². The van der Waals surface area contributed by atoms with Crippen molar-refractivity contribution in [3.8, 4) is 0 Å². The van der Waals surface area contributed by atoms with Crippen molar-refractivity contribution in [3.63, 3.8) is 0 Å². The average Bonchev–Trinajstić information content (AvgIpc) is 2.34. The van der Waals surface area contributed by atoms with Crippen LogP contribution in [0.25, 0.3) is 0 Å². The second-order valence-corrected chi connectivity index (χ2v) is 3.25. The van der Waals surface area contributed by atoms with Gasteiger partial charge in [0, 0.05) is 6.42 Å². The lowest BCUT2D eigenvalue weighted by molar-refractivity contribution is -0.116. The van der Waals surface area contributed by atoms with Crippen LogP contribution in [-0.2, 0) is 11.2 Å². The van der Waals surface area contributed by atoms with Gasteiger partial charge in [0.15, 0.2) is 6.29 Å². The lowest BCUT2D eigenvalue weighted by atomic mass is 10.1. The number of aldehydes is 1. The van der Waals surface area contributed by atoms with Gasteiger partial charge in [-0.3, -0.25) is 9.59 Å². The number of thiophene rings is 1. The smallest absolute Gasteiger partial charge is 0.160 e. The molecular formula is C8H8O2S. The number of hydrogen-bond acceptors (Lipinski definition) is 3. The van der Waals surface area contributed by atoms with Crippen molar-refractivity contribution in [1.82, 2.24) is 0 Å². The number of hydrogen-bond donors (Lipinski definition) is 0.